The van der Waals surface area contributed by atoms with E-state index in [0.717, 1.165) is 61.2 Å². The molecule has 0 saturated heterocycles. The Hall–Kier alpha value is -2.38. The highest BCUT2D eigenvalue weighted by Gasteiger charge is 2.42. The summed E-state index contributed by atoms with van der Waals surface area (Å²) >= 11 is 0. The Morgan fingerprint density at radius 3 is 2.50 bits per heavy atom. The van der Waals surface area contributed by atoms with Gasteiger partial charge < -0.3 is 20.8 Å². The van der Waals surface area contributed by atoms with E-state index in [0.29, 0.717) is 0 Å². The number of hydrogen-bond acceptors (Lipinski definition) is 6. The molecular weight excluding hydrogens is 403 g/mol. The van der Waals surface area contributed by atoms with Gasteiger partial charge in [-0.05, 0) is 65.9 Å². The smallest absolute Gasteiger partial charge is 0.499 e. The molecule has 3 unspecified atom stereocenters. The van der Waals surface area contributed by atoms with E-state index in [1.54, 1.807) is 12.2 Å². The Morgan fingerprint density at radius 1 is 1.28 bits per heavy atom. The molecule has 0 aromatic carbocycles. The first-order valence-electron chi connectivity index (χ1n) is 11.1. The lowest BCUT2D eigenvalue weighted by Crippen LogP contribution is -2.38. The van der Waals surface area contributed by atoms with Gasteiger partial charge in [-0.2, -0.15) is 0 Å². The third kappa shape index (κ3) is 5.51. The minimum Gasteiger partial charge on any atom is -0.499 e. The second-order valence-corrected chi connectivity index (χ2v) is 9.32. The monoisotopic (exact) mass is 439 g/mol. The van der Waals surface area contributed by atoms with Gasteiger partial charge in [0.05, 0.1) is 11.5 Å². The summed E-state index contributed by atoms with van der Waals surface area (Å²) in [7, 11) is 0.806. The van der Waals surface area contributed by atoms with Gasteiger partial charge >= 0.3 is 19.6 Å². The number of fused-ring (bicyclic) bond motifs is 2. The summed E-state index contributed by atoms with van der Waals surface area (Å²) in [5.41, 5.74) is 17.7. The van der Waals surface area contributed by atoms with E-state index in [9.17, 15) is 9.59 Å². The first kappa shape index (κ1) is 25.9. The second kappa shape index (κ2) is 10.0. The summed E-state index contributed by atoms with van der Waals surface area (Å²) in [6.45, 7) is 15.5. The van der Waals surface area contributed by atoms with Crippen LogP contribution in [0.15, 0.2) is 58.2 Å². The number of carbonyl (C=O) groups excluding carboxylic acids is 2. The van der Waals surface area contributed by atoms with Gasteiger partial charge in [-0.1, -0.05) is 53.5 Å². The van der Waals surface area contributed by atoms with E-state index < -0.39 is 28.9 Å². The molecule has 1 saturated carbocycles. The van der Waals surface area contributed by atoms with Crippen molar-refractivity contribution in [2.75, 3.05) is 0 Å². The van der Waals surface area contributed by atoms with Crippen molar-refractivity contribution in [2.45, 2.75) is 78.3 Å². The molecule has 0 aromatic rings. The Bertz CT molecular complexity index is 922. The third-order valence-electron chi connectivity index (χ3n) is 7.01. The summed E-state index contributed by atoms with van der Waals surface area (Å²) in [6.07, 6.45) is 7.73. The number of hydrogen-bond donors (Lipinski definition) is 2. The maximum absolute atomic E-state index is 12.9. The number of rotatable bonds is 8. The van der Waals surface area contributed by atoms with Gasteiger partial charge in [0.15, 0.2) is 0 Å². The van der Waals surface area contributed by atoms with Crippen molar-refractivity contribution >= 4 is 19.6 Å². The minimum atomic E-state index is -0.660. The van der Waals surface area contributed by atoms with E-state index in [2.05, 4.69) is 13.5 Å². The number of nitrogens with two attached hydrogens (primary N) is 2. The molecule has 32 heavy (non-hydrogen) atoms. The Balaban J connectivity index is 2.00. The summed E-state index contributed by atoms with van der Waals surface area (Å²) in [4.78, 5) is 24.8. The largest absolute Gasteiger partial charge is 0.662 e. The second-order valence-electron chi connectivity index (χ2n) is 9.32. The van der Waals surface area contributed by atoms with Crippen LogP contribution in [0.2, 0.25) is 0 Å². The standard InChI is InChI=1S/C25H36BN2O4/c1-8-18-14-24(6,27)17(5)19-12-13-20(18)22(19)23(30)32-26-31-21(29)11-9-10-16(4)25(7,28)15(2)3/h9-11,22H,2,8,12-14,27-28H2,1,3-7H3/b11-9+,16-10+. The molecule has 0 heterocycles. The summed E-state index contributed by atoms with van der Waals surface area (Å²) in [5.74, 6) is -1.54. The molecule has 6 nitrogen and oxygen atoms in total. The maximum Gasteiger partial charge on any atom is 0.662 e. The molecule has 1 fully saturated rings. The van der Waals surface area contributed by atoms with Crippen molar-refractivity contribution < 1.29 is 18.9 Å². The van der Waals surface area contributed by atoms with Crippen LogP contribution in [0.25, 0.3) is 0 Å². The Kier molecular flexibility index (Phi) is 8.13. The molecule has 7 heteroatoms. The molecule has 1 radical (unpaired) electrons. The van der Waals surface area contributed by atoms with Crippen LogP contribution in [0.5, 0.6) is 0 Å². The predicted molar refractivity (Wildman–Crippen MR) is 128 cm³/mol. The summed E-state index contributed by atoms with van der Waals surface area (Å²) < 4.78 is 10.1. The molecule has 0 amide bonds. The van der Waals surface area contributed by atoms with Crippen LogP contribution in [-0.2, 0) is 18.9 Å². The normalized spacial score (nSPS) is 25.5. The molecule has 3 atom stereocenters. The fraction of sp³-hybridized carbons (Fsp3) is 0.520. The number of carbonyl (C=O) groups is 2. The van der Waals surface area contributed by atoms with E-state index in [1.807, 2.05) is 34.6 Å². The molecule has 2 rings (SSSR count). The molecule has 2 aliphatic rings. The van der Waals surface area contributed by atoms with Gasteiger partial charge in [0.2, 0.25) is 0 Å². The molecule has 0 spiro atoms. The first-order chi connectivity index (χ1) is 14.8. The number of allylic oxidation sites excluding steroid dienone is 2. The lowest BCUT2D eigenvalue weighted by atomic mass is 9.83. The Labute approximate surface area is 192 Å². The Morgan fingerprint density at radius 2 is 1.91 bits per heavy atom. The third-order valence-corrected chi connectivity index (χ3v) is 7.01. The zero-order valence-electron chi connectivity index (χ0n) is 20.2. The van der Waals surface area contributed by atoms with E-state index in [-0.39, 0.29) is 0 Å². The van der Waals surface area contributed by atoms with Crippen LogP contribution in [-0.4, -0.2) is 30.7 Å². The van der Waals surface area contributed by atoms with Crippen molar-refractivity contribution in [1.29, 1.82) is 0 Å². The van der Waals surface area contributed by atoms with E-state index in [4.69, 9.17) is 20.8 Å². The molecule has 2 aliphatic carbocycles. The fourth-order valence-corrected chi connectivity index (χ4v) is 4.25. The van der Waals surface area contributed by atoms with Crippen LogP contribution in [0.1, 0.15) is 67.2 Å². The fourth-order valence-electron chi connectivity index (χ4n) is 4.25. The SMILES string of the molecule is C=C(C)C(C)(N)/C(C)=C/C=C/C(=O)O[B]OC(=O)C1C2=C(CC)CC(C)(N)C(C)=C1CC2. The minimum absolute atomic E-state index is 0.441. The van der Waals surface area contributed by atoms with Crippen molar-refractivity contribution in [3.8, 4) is 0 Å². The molecule has 2 bridgehead atoms. The van der Waals surface area contributed by atoms with Crippen LogP contribution < -0.4 is 11.5 Å². The molecule has 0 aromatic heterocycles. The van der Waals surface area contributed by atoms with Gasteiger partial charge in [0.1, 0.15) is 0 Å². The van der Waals surface area contributed by atoms with E-state index >= 15 is 0 Å². The highest BCUT2D eigenvalue weighted by molar-refractivity contribution is 6.27. The molecular formula is C25H36BN2O4. The van der Waals surface area contributed by atoms with Crippen molar-refractivity contribution in [3.05, 3.63) is 58.2 Å². The van der Waals surface area contributed by atoms with Crippen molar-refractivity contribution in [1.82, 2.24) is 0 Å². The van der Waals surface area contributed by atoms with Gasteiger partial charge in [0.25, 0.3) is 0 Å². The van der Waals surface area contributed by atoms with Crippen LogP contribution in [0.3, 0.4) is 0 Å². The topological polar surface area (TPSA) is 105 Å². The van der Waals surface area contributed by atoms with Gasteiger partial charge in [0, 0.05) is 11.6 Å². The summed E-state index contributed by atoms with van der Waals surface area (Å²) in [5, 5.41) is 0. The highest BCUT2D eigenvalue weighted by Crippen LogP contribution is 2.47. The molecule has 0 aliphatic heterocycles. The van der Waals surface area contributed by atoms with Gasteiger partial charge in [-0.3, -0.25) is 4.79 Å². The quantitative estimate of drug-likeness (QED) is 0.257. The van der Waals surface area contributed by atoms with Gasteiger partial charge in [-0.15, -0.1) is 0 Å². The zero-order valence-corrected chi connectivity index (χ0v) is 20.2. The van der Waals surface area contributed by atoms with Crippen LogP contribution in [0.4, 0.5) is 0 Å². The molecule has 4 N–H and O–H groups in total. The average molecular weight is 439 g/mol. The molecule has 173 valence electrons. The highest BCUT2D eigenvalue weighted by atomic mass is 16.6. The zero-order chi connectivity index (χ0) is 24.3. The predicted octanol–water partition coefficient (Wildman–Crippen LogP) is 3.96. The van der Waals surface area contributed by atoms with E-state index in [1.165, 1.54) is 11.6 Å². The van der Waals surface area contributed by atoms with Gasteiger partial charge in [-0.25, -0.2) is 4.79 Å². The maximum atomic E-state index is 12.9. The van der Waals surface area contributed by atoms with Crippen molar-refractivity contribution in [3.63, 3.8) is 0 Å². The lowest BCUT2D eigenvalue weighted by molar-refractivity contribution is -0.138. The van der Waals surface area contributed by atoms with Crippen LogP contribution in [0, 0.1) is 5.92 Å². The average Bonchev–Trinajstić information content (AvgIpc) is 3.12. The van der Waals surface area contributed by atoms with Crippen LogP contribution >= 0.6 is 0 Å². The first-order valence-corrected chi connectivity index (χ1v) is 11.1. The van der Waals surface area contributed by atoms with Crippen molar-refractivity contribution in [2.24, 2.45) is 17.4 Å². The summed E-state index contributed by atoms with van der Waals surface area (Å²) in [6, 6.07) is 0. The lowest BCUT2D eigenvalue weighted by Gasteiger charge is -2.28.